The summed E-state index contributed by atoms with van der Waals surface area (Å²) in [6.07, 6.45) is 1.17. The zero-order valence-electron chi connectivity index (χ0n) is 11.8. The highest BCUT2D eigenvalue weighted by Crippen LogP contribution is 2.34. The van der Waals surface area contributed by atoms with Crippen molar-refractivity contribution in [1.29, 1.82) is 0 Å². The predicted octanol–water partition coefficient (Wildman–Crippen LogP) is 1.81. The first-order valence-corrected chi connectivity index (χ1v) is 7.00. The minimum absolute atomic E-state index is 0.0385. The molecule has 1 aromatic rings. The Morgan fingerprint density at radius 1 is 1.42 bits per heavy atom. The topological polar surface area (TPSA) is 47.7 Å². The maximum Gasteiger partial charge on any atom is 0.123 e. The zero-order valence-corrected chi connectivity index (χ0v) is 11.8. The van der Waals surface area contributed by atoms with Gasteiger partial charge in [-0.2, -0.15) is 0 Å². The fourth-order valence-electron chi connectivity index (χ4n) is 2.83. The molecule has 2 atom stereocenters. The lowest BCUT2D eigenvalue weighted by Gasteiger charge is -2.41. The average molecular weight is 264 g/mol. The number of hydrogen-bond donors (Lipinski definition) is 1. The van der Waals surface area contributed by atoms with Gasteiger partial charge in [0.05, 0.1) is 25.9 Å². The van der Waals surface area contributed by atoms with Crippen molar-refractivity contribution >= 4 is 0 Å². The zero-order chi connectivity index (χ0) is 13.7. The summed E-state index contributed by atoms with van der Waals surface area (Å²) in [5.74, 6) is 0.914. The van der Waals surface area contributed by atoms with Gasteiger partial charge in [0, 0.05) is 18.7 Å². The number of para-hydroxylation sites is 1. The van der Waals surface area contributed by atoms with Crippen LogP contribution in [0.4, 0.5) is 0 Å². The summed E-state index contributed by atoms with van der Waals surface area (Å²) in [5.41, 5.74) is 7.06. The molecule has 0 spiro atoms. The fourth-order valence-corrected chi connectivity index (χ4v) is 2.83. The van der Waals surface area contributed by atoms with Crippen molar-refractivity contribution in [3.05, 3.63) is 29.8 Å². The molecule has 4 nitrogen and oxygen atoms in total. The van der Waals surface area contributed by atoms with E-state index in [4.69, 9.17) is 15.2 Å². The van der Waals surface area contributed by atoms with Crippen LogP contribution in [-0.4, -0.2) is 44.4 Å². The van der Waals surface area contributed by atoms with E-state index in [9.17, 15) is 0 Å². The first-order chi connectivity index (χ1) is 9.31. The molecule has 1 heterocycles. The lowest BCUT2D eigenvalue weighted by Crippen LogP contribution is -2.48. The number of methoxy groups -OCH3 is 1. The molecule has 0 amide bonds. The molecule has 2 N–H and O–H groups in total. The molecule has 1 aliphatic rings. The molecule has 2 unspecified atom stereocenters. The normalized spacial score (nSPS) is 24.4. The molecule has 0 saturated carbocycles. The summed E-state index contributed by atoms with van der Waals surface area (Å²) in [6.45, 7) is 5.50. The Balaban J connectivity index is 2.33. The number of hydrogen-bond acceptors (Lipinski definition) is 4. The number of nitrogens with zero attached hydrogens (tertiary/aromatic N) is 1. The fraction of sp³-hybridized carbons (Fsp3) is 0.600. The van der Waals surface area contributed by atoms with E-state index in [-0.39, 0.29) is 12.1 Å². The molecule has 1 aromatic carbocycles. The average Bonchev–Trinajstić information content (AvgIpc) is 2.47. The van der Waals surface area contributed by atoms with E-state index in [2.05, 4.69) is 17.9 Å². The Morgan fingerprint density at radius 3 is 2.89 bits per heavy atom. The van der Waals surface area contributed by atoms with Crippen LogP contribution in [0.2, 0.25) is 0 Å². The van der Waals surface area contributed by atoms with Crippen molar-refractivity contribution < 1.29 is 9.47 Å². The van der Waals surface area contributed by atoms with Gasteiger partial charge in [-0.25, -0.2) is 0 Å². The van der Waals surface area contributed by atoms with Crippen LogP contribution in [0.25, 0.3) is 0 Å². The van der Waals surface area contributed by atoms with Crippen LogP contribution in [0.3, 0.4) is 0 Å². The Labute approximate surface area is 115 Å². The minimum Gasteiger partial charge on any atom is -0.496 e. The van der Waals surface area contributed by atoms with E-state index in [0.717, 1.165) is 31.9 Å². The summed E-state index contributed by atoms with van der Waals surface area (Å²) in [6, 6.07) is 8.35. The van der Waals surface area contributed by atoms with Crippen LogP contribution in [0, 0.1) is 0 Å². The van der Waals surface area contributed by atoms with Gasteiger partial charge in [0.2, 0.25) is 0 Å². The van der Waals surface area contributed by atoms with Gasteiger partial charge in [-0.15, -0.1) is 0 Å². The number of benzene rings is 1. The van der Waals surface area contributed by atoms with Gasteiger partial charge in [-0.1, -0.05) is 25.1 Å². The van der Waals surface area contributed by atoms with Gasteiger partial charge in [0.25, 0.3) is 0 Å². The van der Waals surface area contributed by atoms with Crippen LogP contribution >= 0.6 is 0 Å². The largest absolute Gasteiger partial charge is 0.496 e. The molecule has 106 valence electrons. The molecule has 0 radical (unpaired) electrons. The van der Waals surface area contributed by atoms with Gasteiger partial charge in [-0.3, -0.25) is 4.90 Å². The minimum atomic E-state index is 0.0385. The first kappa shape index (κ1) is 14.3. The third-order valence-electron chi connectivity index (χ3n) is 3.66. The third kappa shape index (κ3) is 3.08. The summed E-state index contributed by atoms with van der Waals surface area (Å²) < 4.78 is 11.3. The number of ether oxygens (including phenoxy) is 2. The van der Waals surface area contributed by atoms with E-state index in [0.29, 0.717) is 6.54 Å². The third-order valence-corrected chi connectivity index (χ3v) is 3.66. The molecule has 0 aliphatic carbocycles. The van der Waals surface area contributed by atoms with Crippen LogP contribution < -0.4 is 10.5 Å². The van der Waals surface area contributed by atoms with Crippen molar-refractivity contribution in [2.75, 3.05) is 33.4 Å². The van der Waals surface area contributed by atoms with Gasteiger partial charge in [-0.05, 0) is 19.0 Å². The number of nitrogens with two attached hydrogens (primary N) is 1. The van der Waals surface area contributed by atoms with Crippen molar-refractivity contribution in [3.8, 4) is 5.75 Å². The molecule has 2 rings (SSSR count). The van der Waals surface area contributed by atoms with Crippen LogP contribution in [-0.2, 0) is 4.74 Å². The van der Waals surface area contributed by atoms with Crippen molar-refractivity contribution in [3.63, 3.8) is 0 Å². The molecular weight excluding hydrogens is 240 g/mol. The SMILES string of the molecule is CCCN1CCOC(CN)C1c1ccccc1OC. The highest BCUT2D eigenvalue weighted by atomic mass is 16.5. The molecule has 0 bridgehead atoms. The van der Waals surface area contributed by atoms with Crippen molar-refractivity contribution in [1.82, 2.24) is 4.90 Å². The van der Waals surface area contributed by atoms with Crippen LogP contribution in [0.1, 0.15) is 24.9 Å². The summed E-state index contributed by atoms with van der Waals surface area (Å²) in [7, 11) is 1.71. The van der Waals surface area contributed by atoms with Gasteiger partial charge >= 0.3 is 0 Å². The maximum absolute atomic E-state index is 5.89. The lowest BCUT2D eigenvalue weighted by atomic mass is 9.96. The van der Waals surface area contributed by atoms with E-state index in [1.54, 1.807) is 7.11 Å². The monoisotopic (exact) mass is 264 g/mol. The van der Waals surface area contributed by atoms with E-state index in [1.807, 2.05) is 18.2 Å². The number of rotatable bonds is 5. The van der Waals surface area contributed by atoms with Crippen LogP contribution in [0.5, 0.6) is 5.75 Å². The standard InChI is InChI=1S/C15H24N2O2/c1-3-8-17-9-10-19-14(11-16)15(17)12-6-4-5-7-13(12)18-2/h4-7,14-15H,3,8-11,16H2,1-2H3. The maximum atomic E-state index is 5.89. The number of morpholine rings is 1. The van der Waals surface area contributed by atoms with Crippen molar-refractivity contribution in [2.45, 2.75) is 25.5 Å². The quantitative estimate of drug-likeness (QED) is 0.881. The molecule has 0 aromatic heterocycles. The Hall–Kier alpha value is -1.10. The molecule has 1 fully saturated rings. The Morgan fingerprint density at radius 2 is 2.21 bits per heavy atom. The molecule has 19 heavy (non-hydrogen) atoms. The Bertz CT molecular complexity index is 395. The summed E-state index contributed by atoms with van der Waals surface area (Å²) in [5, 5.41) is 0. The second-order valence-corrected chi connectivity index (χ2v) is 4.87. The second kappa shape index (κ2) is 6.89. The molecule has 1 saturated heterocycles. The van der Waals surface area contributed by atoms with Crippen LogP contribution in [0.15, 0.2) is 24.3 Å². The van der Waals surface area contributed by atoms with E-state index < -0.39 is 0 Å². The smallest absolute Gasteiger partial charge is 0.123 e. The predicted molar refractivity (Wildman–Crippen MR) is 76.4 cm³/mol. The van der Waals surface area contributed by atoms with E-state index in [1.165, 1.54) is 5.56 Å². The Kier molecular flexibility index (Phi) is 5.19. The van der Waals surface area contributed by atoms with Gasteiger partial charge < -0.3 is 15.2 Å². The highest BCUT2D eigenvalue weighted by Gasteiger charge is 2.33. The first-order valence-electron chi connectivity index (χ1n) is 7.00. The highest BCUT2D eigenvalue weighted by molar-refractivity contribution is 5.37. The molecule has 4 heteroatoms. The van der Waals surface area contributed by atoms with Gasteiger partial charge in [0.15, 0.2) is 0 Å². The molecule has 1 aliphatic heterocycles. The van der Waals surface area contributed by atoms with Gasteiger partial charge in [0.1, 0.15) is 5.75 Å². The lowest BCUT2D eigenvalue weighted by molar-refractivity contribution is -0.0682. The molecular formula is C15H24N2O2. The summed E-state index contributed by atoms with van der Waals surface area (Å²) in [4.78, 5) is 2.46. The van der Waals surface area contributed by atoms with Crippen molar-refractivity contribution in [2.24, 2.45) is 5.73 Å². The van der Waals surface area contributed by atoms with E-state index >= 15 is 0 Å². The second-order valence-electron chi connectivity index (χ2n) is 4.87. The summed E-state index contributed by atoms with van der Waals surface area (Å²) >= 11 is 0.